The molecule has 0 amide bonds. The van der Waals surface area contributed by atoms with Crippen LogP contribution in [0.3, 0.4) is 0 Å². The zero-order valence-electron chi connectivity index (χ0n) is 14.7. The lowest BCUT2D eigenvalue weighted by Crippen LogP contribution is -2.15. The van der Waals surface area contributed by atoms with Crippen molar-refractivity contribution < 1.29 is 22.7 Å². The molecule has 0 saturated carbocycles. The van der Waals surface area contributed by atoms with Crippen molar-refractivity contribution in [2.24, 2.45) is 0 Å². The van der Waals surface area contributed by atoms with Crippen molar-refractivity contribution in [3.05, 3.63) is 76.3 Å². The van der Waals surface area contributed by atoms with Crippen LogP contribution >= 0.6 is 11.3 Å². The topological polar surface area (TPSA) is 63.0 Å². The maximum Gasteiger partial charge on any atom is 0.416 e. The Labute approximate surface area is 163 Å². The highest BCUT2D eigenvalue weighted by Gasteiger charge is 2.31. The molecule has 0 atom stereocenters. The molecule has 4 nitrogen and oxygen atoms in total. The maximum absolute atomic E-state index is 12.8. The summed E-state index contributed by atoms with van der Waals surface area (Å²) >= 11 is 1.30. The first-order valence-corrected chi connectivity index (χ1v) is 9.02. The van der Waals surface area contributed by atoms with Crippen LogP contribution in [0.15, 0.2) is 54.6 Å². The first-order chi connectivity index (χ1) is 13.3. The van der Waals surface area contributed by atoms with Crippen LogP contribution in [-0.2, 0) is 10.9 Å². The molecule has 0 bridgehead atoms. The number of carbonyl (C=O) groups is 1. The van der Waals surface area contributed by atoms with E-state index in [4.69, 9.17) is 10.1 Å². The highest BCUT2D eigenvalue weighted by atomic mass is 32.1. The molecule has 0 spiro atoms. The van der Waals surface area contributed by atoms with Gasteiger partial charge in [0.05, 0.1) is 27.4 Å². The van der Waals surface area contributed by atoms with Crippen LogP contribution in [0.25, 0.3) is 10.6 Å². The molecule has 0 saturated heterocycles. The smallest absolute Gasteiger partial charge is 0.416 e. The summed E-state index contributed by atoms with van der Waals surface area (Å²) in [5, 5.41) is 8.89. The predicted octanol–water partition coefficient (Wildman–Crippen LogP) is 5.36. The van der Waals surface area contributed by atoms with Gasteiger partial charge in [0.15, 0.2) is 0 Å². The lowest BCUT2D eigenvalue weighted by Gasteiger charge is -2.09. The fourth-order valence-corrected chi connectivity index (χ4v) is 3.50. The second kappa shape index (κ2) is 7.93. The number of ether oxygens (including phenoxy) is 1. The van der Waals surface area contributed by atoms with Crippen LogP contribution in [0, 0.1) is 12.3 Å². The number of rotatable bonds is 5. The second-order valence-corrected chi connectivity index (χ2v) is 6.93. The largest absolute Gasteiger partial charge is 0.456 e. The van der Waals surface area contributed by atoms with E-state index in [9.17, 15) is 18.0 Å². The summed E-state index contributed by atoms with van der Waals surface area (Å²) < 4.78 is 43.3. The Morgan fingerprint density at radius 1 is 1.14 bits per heavy atom. The van der Waals surface area contributed by atoms with E-state index in [0.29, 0.717) is 10.6 Å². The summed E-state index contributed by atoms with van der Waals surface area (Å²) in [6.07, 6.45) is -4.55. The van der Waals surface area contributed by atoms with Crippen LogP contribution in [-0.4, -0.2) is 23.3 Å². The first-order valence-electron chi connectivity index (χ1n) is 8.20. The highest BCUT2D eigenvalue weighted by molar-refractivity contribution is 7.17. The van der Waals surface area contributed by atoms with Gasteiger partial charge in [0, 0.05) is 5.56 Å². The Morgan fingerprint density at radius 2 is 1.86 bits per heavy atom. The molecule has 3 aromatic rings. The van der Waals surface area contributed by atoms with Gasteiger partial charge in [-0.25, -0.2) is 9.78 Å². The quantitative estimate of drug-likeness (QED) is 0.460. The standard InChI is InChI=1S/C20H15F3N2O2S/c1-12-17(28-18(25-12)13-6-3-2-4-7-13)16(24)11-27-19(26)14-8-5-9-15(10-14)20(21,22)23/h2-10,24H,11H2,1H3. The van der Waals surface area contributed by atoms with E-state index in [1.54, 1.807) is 6.92 Å². The second-order valence-electron chi connectivity index (χ2n) is 5.93. The van der Waals surface area contributed by atoms with E-state index >= 15 is 0 Å². The van der Waals surface area contributed by atoms with Crippen molar-refractivity contribution in [2.75, 3.05) is 6.61 Å². The van der Waals surface area contributed by atoms with Crippen molar-refractivity contribution in [3.8, 4) is 10.6 Å². The molecule has 1 aromatic heterocycles. The Kier molecular flexibility index (Phi) is 5.60. The fraction of sp³-hybridized carbons (Fsp3) is 0.150. The van der Waals surface area contributed by atoms with Gasteiger partial charge in [-0.05, 0) is 25.1 Å². The van der Waals surface area contributed by atoms with Crippen molar-refractivity contribution >= 4 is 23.0 Å². The average molecular weight is 404 g/mol. The van der Waals surface area contributed by atoms with Gasteiger partial charge in [0.2, 0.25) is 0 Å². The van der Waals surface area contributed by atoms with Gasteiger partial charge in [0.25, 0.3) is 0 Å². The van der Waals surface area contributed by atoms with Crippen molar-refractivity contribution in [2.45, 2.75) is 13.1 Å². The number of esters is 1. The van der Waals surface area contributed by atoms with Gasteiger partial charge in [-0.1, -0.05) is 36.4 Å². The van der Waals surface area contributed by atoms with Crippen LogP contribution in [0.1, 0.15) is 26.5 Å². The van der Waals surface area contributed by atoms with Gasteiger partial charge in [0.1, 0.15) is 11.6 Å². The molecule has 2 aromatic carbocycles. The Hall–Kier alpha value is -3.00. The third-order valence-corrected chi connectivity index (χ3v) is 5.13. The van der Waals surface area contributed by atoms with Crippen molar-refractivity contribution in [3.63, 3.8) is 0 Å². The van der Waals surface area contributed by atoms with Gasteiger partial charge in [-0.2, -0.15) is 13.2 Å². The molecule has 144 valence electrons. The molecular formula is C20H15F3N2O2S. The molecule has 28 heavy (non-hydrogen) atoms. The Bertz CT molecular complexity index is 1010. The summed E-state index contributed by atoms with van der Waals surface area (Å²) in [6, 6.07) is 13.5. The zero-order valence-corrected chi connectivity index (χ0v) is 15.5. The molecule has 0 aliphatic heterocycles. The minimum atomic E-state index is -4.55. The number of aryl methyl sites for hydroxylation is 1. The lowest BCUT2D eigenvalue weighted by molar-refractivity contribution is -0.137. The minimum absolute atomic E-state index is 0.0394. The third-order valence-electron chi connectivity index (χ3n) is 3.86. The average Bonchev–Trinajstić information content (AvgIpc) is 3.08. The number of nitrogens with zero attached hydrogens (tertiary/aromatic N) is 1. The van der Waals surface area contributed by atoms with Crippen LogP contribution in [0.5, 0.6) is 0 Å². The molecule has 0 fully saturated rings. The molecule has 1 heterocycles. The fourth-order valence-electron chi connectivity index (χ4n) is 2.49. The van der Waals surface area contributed by atoms with E-state index in [2.05, 4.69) is 4.98 Å². The number of hydrogen-bond donors (Lipinski definition) is 1. The number of hydrogen-bond acceptors (Lipinski definition) is 5. The number of carbonyl (C=O) groups excluding carboxylic acids is 1. The number of alkyl halides is 3. The van der Waals surface area contributed by atoms with Crippen LogP contribution in [0.2, 0.25) is 0 Å². The predicted molar refractivity (Wildman–Crippen MR) is 101 cm³/mol. The molecule has 8 heteroatoms. The molecule has 0 unspecified atom stereocenters. The Balaban J connectivity index is 1.69. The number of thiazole rings is 1. The van der Waals surface area contributed by atoms with E-state index in [1.807, 2.05) is 30.3 Å². The molecule has 0 aliphatic carbocycles. The normalized spacial score (nSPS) is 11.3. The first kappa shape index (κ1) is 19.8. The lowest BCUT2D eigenvalue weighted by atomic mass is 10.1. The van der Waals surface area contributed by atoms with Crippen molar-refractivity contribution in [1.29, 1.82) is 5.41 Å². The molecule has 1 N–H and O–H groups in total. The van der Waals surface area contributed by atoms with Gasteiger partial charge in [-0.15, -0.1) is 11.3 Å². The molecular weight excluding hydrogens is 389 g/mol. The number of nitrogens with one attached hydrogen (secondary N) is 1. The summed E-state index contributed by atoms with van der Waals surface area (Å²) in [7, 11) is 0. The van der Waals surface area contributed by atoms with Gasteiger partial charge in [-0.3, -0.25) is 0 Å². The zero-order chi connectivity index (χ0) is 20.3. The van der Waals surface area contributed by atoms with Gasteiger partial charge < -0.3 is 10.1 Å². The molecule has 0 aliphatic rings. The van der Waals surface area contributed by atoms with Crippen LogP contribution in [0.4, 0.5) is 13.2 Å². The SMILES string of the molecule is Cc1nc(-c2ccccc2)sc1C(=N)COC(=O)c1cccc(C(F)(F)F)c1. The Morgan fingerprint density at radius 3 is 2.54 bits per heavy atom. The summed E-state index contributed by atoms with van der Waals surface area (Å²) in [5.74, 6) is -0.915. The summed E-state index contributed by atoms with van der Waals surface area (Å²) in [6.45, 7) is 1.40. The van der Waals surface area contributed by atoms with Crippen LogP contribution < -0.4 is 0 Å². The molecule has 3 rings (SSSR count). The molecule has 0 radical (unpaired) electrons. The van der Waals surface area contributed by atoms with E-state index in [0.717, 1.165) is 28.8 Å². The van der Waals surface area contributed by atoms with Crippen molar-refractivity contribution in [1.82, 2.24) is 4.98 Å². The summed E-state index contributed by atoms with van der Waals surface area (Å²) in [5.41, 5.74) is 0.438. The number of benzene rings is 2. The van der Waals surface area contributed by atoms with E-state index in [1.165, 1.54) is 17.4 Å². The maximum atomic E-state index is 12.8. The monoisotopic (exact) mass is 404 g/mol. The minimum Gasteiger partial charge on any atom is -0.456 e. The van der Waals surface area contributed by atoms with E-state index < -0.39 is 17.7 Å². The van der Waals surface area contributed by atoms with E-state index in [-0.39, 0.29) is 17.9 Å². The number of halogens is 3. The third kappa shape index (κ3) is 4.45. The van der Waals surface area contributed by atoms with Gasteiger partial charge >= 0.3 is 12.1 Å². The number of aromatic nitrogens is 1. The summed E-state index contributed by atoms with van der Waals surface area (Å²) in [4.78, 5) is 17.1. The highest BCUT2D eigenvalue weighted by Crippen LogP contribution is 2.30.